The molecule has 1 fully saturated rings. The van der Waals surface area contributed by atoms with Gasteiger partial charge in [0.05, 0.1) is 16.4 Å². The summed E-state index contributed by atoms with van der Waals surface area (Å²) < 4.78 is 0. The fourth-order valence-electron chi connectivity index (χ4n) is 3.12. The average molecular weight is 288 g/mol. The number of H-pyrrole nitrogens is 2. The fourth-order valence-corrected chi connectivity index (χ4v) is 3.12. The molecular formula is C15H20N4O2. The molecule has 21 heavy (non-hydrogen) atoms. The number of carbonyl (C=O) groups is 1. The summed E-state index contributed by atoms with van der Waals surface area (Å²) >= 11 is 0. The number of benzene rings is 1. The maximum absolute atomic E-state index is 12.6. The average Bonchev–Trinajstić information content (AvgIpc) is 3.05. The Kier molecular flexibility index (Phi) is 3.55. The maximum atomic E-state index is 12.6. The number of anilines is 1. The third-order valence-electron chi connectivity index (χ3n) is 4.23. The molecule has 0 spiro atoms. The van der Waals surface area contributed by atoms with Crippen molar-refractivity contribution in [3.63, 3.8) is 0 Å². The quantitative estimate of drug-likeness (QED) is 0.688. The number of hydrogen-bond donors (Lipinski definition) is 4. The summed E-state index contributed by atoms with van der Waals surface area (Å²) in [6.45, 7) is 3.72. The third-order valence-corrected chi connectivity index (χ3v) is 4.23. The highest BCUT2D eigenvalue weighted by Crippen LogP contribution is 2.32. The lowest BCUT2D eigenvalue weighted by Crippen LogP contribution is -2.38. The fraction of sp³-hybridized carbons (Fsp3) is 0.467. The van der Waals surface area contributed by atoms with Crippen molar-refractivity contribution in [2.75, 3.05) is 18.4 Å². The Labute approximate surface area is 122 Å². The molecule has 0 radical (unpaired) electrons. The van der Waals surface area contributed by atoms with Gasteiger partial charge in [0.2, 0.25) is 5.91 Å². The summed E-state index contributed by atoms with van der Waals surface area (Å²) in [4.78, 5) is 29.3. The number of fused-ring (bicyclic) bond motifs is 1. The van der Waals surface area contributed by atoms with Gasteiger partial charge in [-0.05, 0) is 37.6 Å². The predicted octanol–water partition coefficient (Wildman–Crippen LogP) is 1.57. The predicted molar refractivity (Wildman–Crippen MR) is 82.4 cm³/mol. The monoisotopic (exact) mass is 288 g/mol. The highest BCUT2D eigenvalue weighted by molar-refractivity contribution is 5.97. The van der Waals surface area contributed by atoms with Crippen molar-refractivity contribution in [3.05, 3.63) is 28.7 Å². The number of nitrogens with one attached hydrogen (secondary N) is 4. The molecule has 2 heterocycles. The molecular weight excluding hydrogens is 268 g/mol. The molecule has 1 aromatic heterocycles. The van der Waals surface area contributed by atoms with Gasteiger partial charge < -0.3 is 20.6 Å². The Morgan fingerprint density at radius 2 is 2.14 bits per heavy atom. The molecule has 1 aliphatic heterocycles. The van der Waals surface area contributed by atoms with E-state index in [9.17, 15) is 9.59 Å². The summed E-state index contributed by atoms with van der Waals surface area (Å²) in [7, 11) is 0. The van der Waals surface area contributed by atoms with Crippen LogP contribution in [0.2, 0.25) is 0 Å². The van der Waals surface area contributed by atoms with Gasteiger partial charge in [0.1, 0.15) is 0 Å². The molecule has 3 rings (SSSR count). The van der Waals surface area contributed by atoms with Crippen molar-refractivity contribution in [3.8, 4) is 0 Å². The summed E-state index contributed by atoms with van der Waals surface area (Å²) in [5.74, 6) is 0.0617. The minimum atomic E-state index is -0.310. The number of aromatic amines is 2. The van der Waals surface area contributed by atoms with Crippen LogP contribution >= 0.6 is 0 Å². The zero-order valence-electron chi connectivity index (χ0n) is 12.1. The van der Waals surface area contributed by atoms with E-state index in [-0.39, 0.29) is 17.0 Å². The van der Waals surface area contributed by atoms with Crippen LogP contribution < -0.4 is 16.3 Å². The first-order valence-corrected chi connectivity index (χ1v) is 7.37. The van der Waals surface area contributed by atoms with Crippen LogP contribution in [0.3, 0.4) is 0 Å². The lowest BCUT2D eigenvalue weighted by atomic mass is 9.81. The van der Waals surface area contributed by atoms with E-state index in [2.05, 4.69) is 27.5 Å². The molecule has 1 aliphatic rings. The molecule has 6 nitrogen and oxygen atoms in total. The van der Waals surface area contributed by atoms with Crippen molar-refractivity contribution in [2.24, 2.45) is 5.41 Å². The van der Waals surface area contributed by atoms with Crippen LogP contribution in [0, 0.1) is 5.41 Å². The smallest absolute Gasteiger partial charge is 0.323 e. The number of imidazole rings is 1. The molecule has 4 N–H and O–H groups in total. The van der Waals surface area contributed by atoms with E-state index in [4.69, 9.17) is 0 Å². The zero-order chi connectivity index (χ0) is 14.9. The summed E-state index contributed by atoms with van der Waals surface area (Å²) in [5, 5.41) is 6.28. The van der Waals surface area contributed by atoms with Gasteiger partial charge in [0, 0.05) is 12.2 Å². The summed E-state index contributed by atoms with van der Waals surface area (Å²) in [6, 6.07) is 5.39. The standard InChI is InChI=1S/C15H20N4O2/c1-2-5-15(6-7-16-9-15)13(20)17-10-3-4-11-12(8-10)19-14(21)18-11/h3-4,8,16H,2,5-7,9H2,1H3,(H,17,20)(H2,18,19,21). The SMILES string of the molecule is CCCC1(C(=O)Nc2ccc3[nH]c(=O)[nH]c3c2)CCNC1. The van der Waals surface area contributed by atoms with Crippen LogP contribution in [0.15, 0.2) is 23.0 Å². The largest absolute Gasteiger partial charge is 0.325 e. The van der Waals surface area contributed by atoms with Crippen LogP contribution in [-0.4, -0.2) is 29.0 Å². The number of amides is 1. The van der Waals surface area contributed by atoms with Crippen LogP contribution in [0.5, 0.6) is 0 Å². The molecule has 1 amide bonds. The van der Waals surface area contributed by atoms with Crippen LogP contribution in [0.1, 0.15) is 26.2 Å². The topological polar surface area (TPSA) is 89.8 Å². The first-order valence-electron chi connectivity index (χ1n) is 7.37. The van der Waals surface area contributed by atoms with E-state index in [1.54, 1.807) is 12.1 Å². The minimum Gasteiger partial charge on any atom is -0.325 e. The number of rotatable bonds is 4. The second-order valence-corrected chi connectivity index (χ2v) is 5.75. The lowest BCUT2D eigenvalue weighted by Gasteiger charge is -2.26. The Balaban J connectivity index is 1.83. The van der Waals surface area contributed by atoms with Crippen molar-refractivity contribution < 1.29 is 4.79 Å². The normalized spacial score (nSPS) is 21.8. The summed E-state index contributed by atoms with van der Waals surface area (Å²) in [5.41, 5.74) is 1.60. The second kappa shape index (κ2) is 5.37. The van der Waals surface area contributed by atoms with Crippen LogP contribution in [0.25, 0.3) is 11.0 Å². The number of hydrogen-bond acceptors (Lipinski definition) is 3. The van der Waals surface area contributed by atoms with Gasteiger partial charge in [-0.3, -0.25) is 4.79 Å². The Morgan fingerprint density at radius 1 is 1.33 bits per heavy atom. The van der Waals surface area contributed by atoms with Crippen molar-refractivity contribution in [1.82, 2.24) is 15.3 Å². The highest BCUT2D eigenvalue weighted by atomic mass is 16.2. The lowest BCUT2D eigenvalue weighted by molar-refractivity contribution is -0.125. The van der Waals surface area contributed by atoms with E-state index < -0.39 is 0 Å². The molecule has 1 unspecified atom stereocenters. The molecule has 2 aromatic rings. The van der Waals surface area contributed by atoms with Crippen molar-refractivity contribution in [2.45, 2.75) is 26.2 Å². The molecule has 6 heteroatoms. The van der Waals surface area contributed by atoms with E-state index in [1.165, 1.54) is 0 Å². The van der Waals surface area contributed by atoms with Crippen molar-refractivity contribution >= 4 is 22.6 Å². The number of carbonyl (C=O) groups excluding carboxylic acids is 1. The third kappa shape index (κ3) is 2.58. The molecule has 1 aromatic carbocycles. The van der Waals surface area contributed by atoms with Crippen molar-refractivity contribution in [1.29, 1.82) is 0 Å². The Hall–Kier alpha value is -2.08. The van der Waals surface area contributed by atoms with Gasteiger partial charge in [-0.25, -0.2) is 4.79 Å². The van der Waals surface area contributed by atoms with Gasteiger partial charge in [0.15, 0.2) is 0 Å². The highest BCUT2D eigenvalue weighted by Gasteiger charge is 2.40. The molecule has 0 bridgehead atoms. The molecule has 1 saturated heterocycles. The van der Waals surface area contributed by atoms with Crippen LogP contribution in [-0.2, 0) is 4.79 Å². The van der Waals surface area contributed by atoms with E-state index in [0.717, 1.165) is 37.9 Å². The minimum absolute atomic E-state index is 0.0617. The van der Waals surface area contributed by atoms with Gasteiger partial charge in [-0.15, -0.1) is 0 Å². The molecule has 112 valence electrons. The first-order chi connectivity index (χ1) is 10.1. The summed E-state index contributed by atoms with van der Waals surface area (Å²) in [6.07, 6.45) is 2.74. The Bertz CT molecular complexity index is 710. The zero-order valence-corrected chi connectivity index (χ0v) is 12.1. The molecule has 1 atom stereocenters. The molecule has 0 saturated carbocycles. The van der Waals surface area contributed by atoms with Gasteiger partial charge in [-0.2, -0.15) is 0 Å². The first kappa shape index (κ1) is 13.9. The van der Waals surface area contributed by atoms with E-state index >= 15 is 0 Å². The van der Waals surface area contributed by atoms with E-state index in [0.29, 0.717) is 11.2 Å². The van der Waals surface area contributed by atoms with Gasteiger partial charge >= 0.3 is 5.69 Å². The van der Waals surface area contributed by atoms with E-state index in [1.807, 2.05) is 6.07 Å². The maximum Gasteiger partial charge on any atom is 0.323 e. The second-order valence-electron chi connectivity index (χ2n) is 5.75. The van der Waals surface area contributed by atoms with Crippen LogP contribution in [0.4, 0.5) is 5.69 Å². The molecule has 0 aliphatic carbocycles. The Morgan fingerprint density at radius 3 is 2.86 bits per heavy atom. The van der Waals surface area contributed by atoms with Gasteiger partial charge in [0.25, 0.3) is 0 Å². The number of aromatic nitrogens is 2. The van der Waals surface area contributed by atoms with Gasteiger partial charge in [-0.1, -0.05) is 13.3 Å².